The molecule has 2 rings (SSSR count). The van der Waals surface area contributed by atoms with Gasteiger partial charge in [-0.2, -0.15) is 0 Å². The van der Waals surface area contributed by atoms with Crippen molar-refractivity contribution in [3.63, 3.8) is 0 Å². The third-order valence-electron chi connectivity index (χ3n) is 2.22. The maximum atomic E-state index is 9.50. The molecule has 0 aliphatic carbocycles. The summed E-state index contributed by atoms with van der Waals surface area (Å²) in [6, 6.07) is 0. The topological polar surface area (TPSA) is 45.1 Å². The first-order chi connectivity index (χ1) is 5.86. The van der Waals surface area contributed by atoms with Gasteiger partial charge in [-0.3, -0.25) is 0 Å². The van der Waals surface area contributed by atoms with E-state index in [1.54, 1.807) is 11.3 Å². The maximum absolute atomic E-state index is 9.50. The molecule has 0 unspecified atom stereocenters. The zero-order valence-corrected chi connectivity index (χ0v) is 7.55. The largest absolute Gasteiger partial charge is 0.391 e. The van der Waals surface area contributed by atoms with Crippen LogP contribution in [0.5, 0.6) is 0 Å². The Morgan fingerprint density at radius 3 is 3.17 bits per heavy atom. The van der Waals surface area contributed by atoms with Gasteiger partial charge in [0.25, 0.3) is 0 Å². The minimum absolute atomic E-state index is 0.186. The minimum Gasteiger partial charge on any atom is -0.391 e. The molecule has 3 nitrogen and oxygen atoms in total. The van der Waals surface area contributed by atoms with E-state index in [0.717, 1.165) is 24.5 Å². The fraction of sp³-hybridized carbons (Fsp3) is 0.625. The summed E-state index contributed by atoms with van der Waals surface area (Å²) in [5, 5.41) is 15.8. The van der Waals surface area contributed by atoms with Gasteiger partial charge in [-0.25, -0.2) is 4.98 Å². The average molecular weight is 184 g/mol. The number of thiazole rings is 1. The summed E-state index contributed by atoms with van der Waals surface area (Å²) in [5.41, 5.74) is 0. The SMILES string of the molecule is O[C@@H]1CNC[C@H]1Cc1nccs1. The van der Waals surface area contributed by atoms with E-state index in [2.05, 4.69) is 10.3 Å². The van der Waals surface area contributed by atoms with Crippen LogP contribution in [0.2, 0.25) is 0 Å². The fourth-order valence-corrected chi connectivity index (χ4v) is 2.22. The molecule has 0 bridgehead atoms. The summed E-state index contributed by atoms with van der Waals surface area (Å²) in [5.74, 6) is 0.358. The maximum Gasteiger partial charge on any atom is 0.0929 e. The van der Waals surface area contributed by atoms with Gasteiger partial charge in [0.15, 0.2) is 0 Å². The Morgan fingerprint density at radius 2 is 2.58 bits per heavy atom. The van der Waals surface area contributed by atoms with Gasteiger partial charge in [-0.1, -0.05) is 0 Å². The molecule has 1 saturated heterocycles. The molecule has 2 atom stereocenters. The van der Waals surface area contributed by atoms with Gasteiger partial charge in [-0.05, 0) is 0 Å². The Hall–Kier alpha value is -0.450. The fourth-order valence-electron chi connectivity index (χ4n) is 1.51. The highest BCUT2D eigenvalue weighted by atomic mass is 32.1. The number of aliphatic hydroxyl groups excluding tert-OH is 1. The van der Waals surface area contributed by atoms with Crippen molar-refractivity contribution >= 4 is 11.3 Å². The van der Waals surface area contributed by atoms with Crippen LogP contribution < -0.4 is 5.32 Å². The van der Waals surface area contributed by atoms with Crippen LogP contribution >= 0.6 is 11.3 Å². The molecule has 1 aliphatic heterocycles. The normalized spacial score (nSPS) is 29.4. The molecule has 0 aromatic carbocycles. The highest BCUT2D eigenvalue weighted by Gasteiger charge is 2.25. The summed E-state index contributed by atoms with van der Waals surface area (Å²) in [6.07, 6.45) is 2.54. The van der Waals surface area contributed by atoms with E-state index < -0.39 is 0 Å². The summed E-state index contributed by atoms with van der Waals surface area (Å²) < 4.78 is 0. The molecule has 2 heterocycles. The smallest absolute Gasteiger partial charge is 0.0929 e. The molecule has 0 radical (unpaired) electrons. The van der Waals surface area contributed by atoms with Gasteiger partial charge >= 0.3 is 0 Å². The van der Waals surface area contributed by atoms with E-state index in [4.69, 9.17) is 0 Å². The first kappa shape index (κ1) is 8.16. The monoisotopic (exact) mass is 184 g/mol. The van der Waals surface area contributed by atoms with Crippen molar-refractivity contribution in [2.45, 2.75) is 12.5 Å². The van der Waals surface area contributed by atoms with E-state index >= 15 is 0 Å². The third-order valence-corrected chi connectivity index (χ3v) is 3.03. The lowest BCUT2D eigenvalue weighted by Crippen LogP contribution is -2.19. The minimum atomic E-state index is -0.186. The molecule has 1 aromatic rings. The number of rotatable bonds is 2. The van der Waals surface area contributed by atoms with Crippen molar-refractivity contribution in [1.82, 2.24) is 10.3 Å². The van der Waals surface area contributed by atoms with Gasteiger partial charge in [0, 0.05) is 37.0 Å². The molecule has 1 fully saturated rings. The molecule has 1 aliphatic rings. The molecule has 0 saturated carbocycles. The van der Waals surface area contributed by atoms with Crippen molar-refractivity contribution in [3.05, 3.63) is 16.6 Å². The van der Waals surface area contributed by atoms with Crippen molar-refractivity contribution in [2.75, 3.05) is 13.1 Å². The molecule has 0 spiro atoms. The molecule has 2 N–H and O–H groups in total. The second-order valence-electron chi connectivity index (χ2n) is 3.12. The molecule has 4 heteroatoms. The van der Waals surface area contributed by atoms with Crippen LogP contribution in [0.4, 0.5) is 0 Å². The Morgan fingerprint density at radius 1 is 1.67 bits per heavy atom. The van der Waals surface area contributed by atoms with Crippen LogP contribution in [0.25, 0.3) is 0 Å². The van der Waals surface area contributed by atoms with E-state index in [-0.39, 0.29) is 6.10 Å². The van der Waals surface area contributed by atoms with E-state index in [9.17, 15) is 5.11 Å². The molecule has 0 amide bonds. The molecule has 1 aromatic heterocycles. The zero-order valence-electron chi connectivity index (χ0n) is 6.73. The molecular formula is C8H12N2OS. The Labute approximate surface area is 75.5 Å². The van der Waals surface area contributed by atoms with Crippen molar-refractivity contribution in [3.8, 4) is 0 Å². The van der Waals surface area contributed by atoms with Gasteiger partial charge in [0.1, 0.15) is 0 Å². The van der Waals surface area contributed by atoms with E-state index in [0.29, 0.717) is 5.92 Å². The number of hydrogen-bond acceptors (Lipinski definition) is 4. The lowest BCUT2D eigenvalue weighted by atomic mass is 10.0. The summed E-state index contributed by atoms with van der Waals surface area (Å²) in [4.78, 5) is 4.19. The summed E-state index contributed by atoms with van der Waals surface area (Å²) in [7, 11) is 0. The lowest BCUT2D eigenvalue weighted by Gasteiger charge is -2.10. The van der Waals surface area contributed by atoms with Gasteiger partial charge < -0.3 is 10.4 Å². The summed E-state index contributed by atoms with van der Waals surface area (Å²) in [6.45, 7) is 1.65. The van der Waals surface area contributed by atoms with Crippen LogP contribution in [0.3, 0.4) is 0 Å². The number of aliphatic hydroxyl groups is 1. The highest BCUT2D eigenvalue weighted by Crippen LogP contribution is 2.16. The predicted octanol–water partition coefficient (Wildman–Crippen LogP) is 0.266. The second-order valence-corrected chi connectivity index (χ2v) is 4.09. The zero-order chi connectivity index (χ0) is 8.39. The first-order valence-electron chi connectivity index (χ1n) is 4.13. The standard InChI is InChI=1S/C8H12N2OS/c11-7-5-9-4-6(7)3-8-10-1-2-12-8/h1-2,6-7,9,11H,3-5H2/t6-,7-/m1/s1. The molecular weight excluding hydrogens is 172 g/mol. The van der Waals surface area contributed by atoms with Crippen LogP contribution in [0, 0.1) is 5.92 Å². The van der Waals surface area contributed by atoms with Crippen LogP contribution in [-0.2, 0) is 6.42 Å². The summed E-state index contributed by atoms with van der Waals surface area (Å²) >= 11 is 1.66. The van der Waals surface area contributed by atoms with Crippen molar-refractivity contribution < 1.29 is 5.11 Å². The van der Waals surface area contributed by atoms with E-state index in [1.165, 1.54) is 0 Å². The number of nitrogens with zero attached hydrogens (tertiary/aromatic N) is 1. The number of β-amino-alcohol motifs (C(OH)–C–C–N with tert-alkyl or cyclic N) is 1. The Balaban J connectivity index is 1.95. The van der Waals surface area contributed by atoms with Crippen molar-refractivity contribution in [2.24, 2.45) is 5.92 Å². The quantitative estimate of drug-likeness (QED) is 0.693. The Bertz CT molecular complexity index is 237. The third kappa shape index (κ3) is 1.65. The van der Waals surface area contributed by atoms with Gasteiger partial charge in [-0.15, -0.1) is 11.3 Å². The van der Waals surface area contributed by atoms with Crippen molar-refractivity contribution in [1.29, 1.82) is 0 Å². The average Bonchev–Trinajstić information content (AvgIpc) is 2.65. The van der Waals surface area contributed by atoms with Crippen LogP contribution in [0.1, 0.15) is 5.01 Å². The van der Waals surface area contributed by atoms with Gasteiger partial charge in [0.2, 0.25) is 0 Å². The number of aromatic nitrogens is 1. The molecule has 66 valence electrons. The van der Waals surface area contributed by atoms with Crippen LogP contribution in [0.15, 0.2) is 11.6 Å². The predicted molar refractivity (Wildman–Crippen MR) is 48.2 cm³/mol. The Kier molecular flexibility index (Phi) is 2.39. The van der Waals surface area contributed by atoms with Crippen LogP contribution in [-0.4, -0.2) is 29.3 Å². The molecule has 12 heavy (non-hydrogen) atoms. The highest BCUT2D eigenvalue weighted by molar-refractivity contribution is 7.09. The number of nitrogens with one attached hydrogen (secondary N) is 1. The van der Waals surface area contributed by atoms with Gasteiger partial charge in [0.05, 0.1) is 11.1 Å². The number of hydrogen-bond donors (Lipinski definition) is 2. The lowest BCUT2D eigenvalue weighted by molar-refractivity contribution is 0.147. The first-order valence-corrected chi connectivity index (χ1v) is 5.01. The van der Waals surface area contributed by atoms with E-state index in [1.807, 2.05) is 11.6 Å². The second kappa shape index (κ2) is 3.51.